The van der Waals surface area contributed by atoms with E-state index in [0.29, 0.717) is 23.0 Å². The minimum atomic E-state index is 0. The van der Waals surface area contributed by atoms with Gasteiger partial charge in [-0.15, -0.1) is 12.4 Å². The van der Waals surface area contributed by atoms with Crippen molar-refractivity contribution in [1.82, 2.24) is 5.32 Å². The zero-order chi connectivity index (χ0) is 8.77. The molecule has 0 spiro atoms. The van der Waals surface area contributed by atoms with Gasteiger partial charge in [-0.2, -0.15) is 0 Å². The molecule has 2 aliphatic rings. The first-order chi connectivity index (χ1) is 5.61. The molecule has 1 heterocycles. The number of hydrogen-bond acceptors (Lipinski definition) is 2. The van der Waals surface area contributed by atoms with Crippen LogP contribution in [0.3, 0.4) is 0 Å². The number of halogens is 1. The van der Waals surface area contributed by atoms with Crippen LogP contribution in [-0.4, -0.2) is 18.9 Å². The van der Waals surface area contributed by atoms with E-state index in [1.807, 2.05) is 0 Å². The molecule has 0 amide bonds. The average Bonchev–Trinajstić information content (AvgIpc) is 2.46. The minimum Gasteiger partial charge on any atom is -0.316 e. The summed E-state index contributed by atoms with van der Waals surface area (Å²) >= 11 is 0. The van der Waals surface area contributed by atoms with Gasteiger partial charge in [-0.1, -0.05) is 13.8 Å². The van der Waals surface area contributed by atoms with Crippen LogP contribution >= 0.6 is 12.4 Å². The first-order valence-corrected chi connectivity index (χ1v) is 4.85. The first kappa shape index (κ1) is 11.0. The molecule has 0 aromatic carbocycles. The van der Waals surface area contributed by atoms with Gasteiger partial charge in [0, 0.05) is 18.9 Å². The molecule has 0 aromatic rings. The summed E-state index contributed by atoms with van der Waals surface area (Å²) in [6, 6.07) is 0. The SMILES string of the molecule is CC1(C)CCC(=O)C2CNCC21.Cl. The zero-order valence-electron chi connectivity index (χ0n) is 8.30. The third-order valence-corrected chi connectivity index (χ3v) is 3.65. The Kier molecular flexibility index (Phi) is 3.03. The van der Waals surface area contributed by atoms with Crippen molar-refractivity contribution in [3.63, 3.8) is 0 Å². The highest BCUT2D eigenvalue weighted by Crippen LogP contribution is 2.43. The number of rotatable bonds is 0. The molecule has 3 heteroatoms. The molecule has 1 saturated carbocycles. The van der Waals surface area contributed by atoms with E-state index >= 15 is 0 Å². The van der Waals surface area contributed by atoms with E-state index in [4.69, 9.17) is 0 Å². The van der Waals surface area contributed by atoms with Crippen LogP contribution < -0.4 is 5.32 Å². The number of carbonyl (C=O) groups is 1. The molecular formula is C10H18ClNO. The molecular weight excluding hydrogens is 186 g/mol. The number of nitrogens with one attached hydrogen (secondary N) is 1. The van der Waals surface area contributed by atoms with Crippen molar-refractivity contribution >= 4 is 18.2 Å². The molecule has 2 rings (SSSR count). The number of ketones is 1. The molecule has 1 N–H and O–H groups in total. The molecule has 2 fully saturated rings. The van der Waals surface area contributed by atoms with E-state index in [0.717, 1.165) is 25.9 Å². The van der Waals surface area contributed by atoms with Crippen LogP contribution in [0.5, 0.6) is 0 Å². The number of hydrogen-bond donors (Lipinski definition) is 1. The van der Waals surface area contributed by atoms with Crippen molar-refractivity contribution < 1.29 is 4.79 Å². The van der Waals surface area contributed by atoms with Gasteiger partial charge in [-0.3, -0.25) is 4.79 Å². The van der Waals surface area contributed by atoms with Gasteiger partial charge >= 0.3 is 0 Å². The van der Waals surface area contributed by atoms with Gasteiger partial charge in [0.1, 0.15) is 5.78 Å². The maximum absolute atomic E-state index is 11.5. The lowest BCUT2D eigenvalue weighted by Crippen LogP contribution is -2.39. The Balaban J connectivity index is 0.000000845. The van der Waals surface area contributed by atoms with E-state index in [2.05, 4.69) is 19.2 Å². The maximum Gasteiger partial charge on any atom is 0.137 e. The van der Waals surface area contributed by atoms with Crippen molar-refractivity contribution in [2.45, 2.75) is 26.7 Å². The Morgan fingerprint density at radius 3 is 2.69 bits per heavy atom. The summed E-state index contributed by atoms with van der Waals surface area (Å²) in [5.74, 6) is 1.41. The minimum absolute atomic E-state index is 0. The normalized spacial score (nSPS) is 36.6. The largest absolute Gasteiger partial charge is 0.316 e. The lowest BCUT2D eigenvalue weighted by atomic mass is 9.64. The monoisotopic (exact) mass is 203 g/mol. The summed E-state index contributed by atoms with van der Waals surface area (Å²) in [5, 5.41) is 3.33. The topological polar surface area (TPSA) is 29.1 Å². The van der Waals surface area contributed by atoms with Crippen LogP contribution in [0.15, 0.2) is 0 Å². The molecule has 2 atom stereocenters. The Labute approximate surface area is 85.9 Å². The number of carbonyl (C=O) groups excluding carboxylic acids is 1. The molecule has 0 bridgehead atoms. The van der Waals surface area contributed by atoms with Crippen LogP contribution in [-0.2, 0) is 4.79 Å². The van der Waals surface area contributed by atoms with E-state index in [1.54, 1.807) is 0 Å². The molecule has 76 valence electrons. The standard InChI is InChI=1S/C10H17NO.ClH/c1-10(2)4-3-9(12)7-5-11-6-8(7)10;/h7-8,11H,3-6H2,1-2H3;1H. The van der Waals surface area contributed by atoms with E-state index in [1.165, 1.54) is 0 Å². The quantitative estimate of drug-likeness (QED) is 0.649. The number of Topliss-reactive ketones (excluding diaryl/α,β-unsaturated/α-hetero) is 1. The molecule has 2 unspecified atom stereocenters. The Bertz CT molecular complexity index is 215. The molecule has 13 heavy (non-hydrogen) atoms. The van der Waals surface area contributed by atoms with Crippen molar-refractivity contribution in [3.05, 3.63) is 0 Å². The van der Waals surface area contributed by atoms with Crippen LogP contribution in [0, 0.1) is 17.3 Å². The summed E-state index contributed by atoms with van der Waals surface area (Å²) in [5.41, 5.74) is 0.377. The highest BCUT2D eigenvalue weighted by molar-refractivity contribution is 5.85. The fourth-order valence-corrected chi connectivity index (χ4v) is 2.65. The van der Waals surface area contributed by atoms with Gasteiger partial charge in [-0.05, 0) is 24.3 Å². The van der Waals surface area contributed by atoms with Gasteiger partial charge < -0.3 is 5.32 Å². The second kappa shape index (κ2) is 3.58. The molecule has 1 saturated heterocycles. The molecule has 1 aliphatic heterocycles. The third kappa shape index (κ3) is 1.75. The fraction of sp³-hybridized carbons (Fsp3) is 0.900. The molecule has 1 aliphatic carbocycles. The highest BCUT2D eigenvalue weighted by Gasteiger charge is 2.45. The predicted molar refractivity (Wildman–Crippen MR) is 55.1 cm³/mol. The highest BCUT2D eigenvalue weighted by atomic mass is 35.5. The second-order valence-electron chi connectivity index (χ2n) is 4.83. The lowest BCUT2D eigenvalue weighted by Gasteiger charge is -2.38. The van der Waals surface area contributed by atoms with Gasteiger partial charge in [-0.25, -0.2) is 0 Å². The van der Waals surface area contributed by atoms with Crippen LogP contribution in [0.4, 0.5) is 0 Å². The first-order valence-electron chi connectivity index (χ1n) is 4.85. The van der Waals surface area contributed by atoms with Gasteiger partial charge in [0.15, 0.2) is 0 Å². The van der Waals surface area contributed by atoms with Crippen molar-refractivity contribution in [2.24, 2.45) is 17.3 Å². The van der Waals surface area contributed by atoms with E-state index < -0.39 is 0 Å². The number of fused-ring (bicyclic) bond motifs is 1. The van der Waals surface area contributed by atoms with Gasteiger partial charge in [0.05, 0.1) is 0 Å². The fourth-order valence-electron chi connectivity index (χ4n) is 2.65. The van der Waals surface area contributed by atoms with E-state index in [9.17, 15) is 4.79 Å². The van der Waals surface area contributed by atoms with Crippen LogP contribution in [0.1, 0.15) is 26.7 Å². The summed E-state index contributed by atoms with van der Waals surface area (Å²) in [7, 11) is 0. The van der Waals surface area contributed by atoms with E-state index in [-0.39, 0.29) is 12.4 Å². The predicted octanol–water partition coefficient (Wildman–Crippen LogP) is 1.63. The summed E-state index contributed by atoms with van der Waals surface area (Å²) in [6.45, 7) is 6.56. The van der Waals surface area contributed by atoms with Gasteiger partial charge in [0.2, 0.25) is 0 Å². The summed E-state index contributed by atoms with van der Waals surface area (Å²) < 4.78 is 0. The summed E-state index contributed by atoms with van der Waals surface area (Å²) in [6.07, 6.45) is 1.88. The molecule has 0 aromatic heterocycles. The second-order valence-corrected chi connectivity index (χ2v) is 4.83. The molecule has 2 nitrogen and oxygen atoms in total. The lowest BCUT2D eigenvalue weighted by molar-refractivity contribution is -0.128. The van der Waals surface area contributed by atoms with Crippen molar-refractivity contribution in [1.29, 1.82) is 0 Å². The average molecular weight is 204 g/mol. The zero-order valence-corrected chi connectivity index (χ0v) is 9.12. The molecule has 0 radical (unpaired) electrons. The van der Waals surface area contributed by atoms with Crippen LogP contribution in [0.25, 0.3) is 0 Å². The van der Waals surface area contributed by atoms with Crippen molar-refractivity contribution in [2.75, 3.05) is 13.1 Å². The Hall–Kier alpha value is -0.0800. The van der Waals surface area contributed by atoms with Crippen molar-refractivity contribution in [3.8, 4) is 0 Å². The smallest absolute Gasteiger partial charge is 0.137 e. The Morgan fingerprint density at radius 1 is 1.38 bits per heavy atom. The van der Waals surface area contributed by atoms with Crippen LogP contribution in [0.2, 0.25) is 0 Å². The third-order valence-electron chi connectivity index (χ3n) is 3.65. The Morgan fingerprint density at radius 2 is 2.08 bits per heavy atom. The van der Waals surface area contributed by atoms with Gasteiger partial charge in [0.25, 0.3) is 0 Å². The summed E-state index contributed by atoms with van der Waals surface area (Å²) in [4.78, 5) is 11.5. The maximum atomic E-state index is 11.5.